The molecule has 7 heteroatoms. The minimum atomic E-state index is -0.476. The van der Waals surface area contributed by atoms with Crippen LogP contribution in [0.4, 0.5) is 5.69 Å². The van der Waals surface area contributed by atoms with Gasteiger partial charge in [-0.05, 0) is 37.3 Å². The van der Waals surface area contributed by atoms with Crippen LogP contribution in [-0.4, -0.2) is 17.5 Å². The largest absolute Gasteiger partial charge is 0.462 e. The molecule has 23 heavy (non-hydrogen) atoms. The molecule has 0 aliphatic rings. The molecule has 0 aliphatic carbocycles. The van der Waals surface area contributed by atoms with Crippen LogP contribution in [-0.2, 0) is 4.74 Å². The number of non-ortho nitro benzene ring substituents is 1. The van der Waals surface area contributed by atoms with Crippen molar-refractivity contribution in [3.05, 3.63) is 63.7 Å². The van der Waals surface area contributed by atoms with Gasteiger partial charge < -0.3 is 4.74 Å². The van der Waals surface area contributed by atoms with Crippen molar-refractivity contribution in [2.24, 2.45) is 0 Å². The molecule has 0 aliphatic heterocycles. The molecule has 0 saturated heterocycles. The molecule has 0 unspecified atom stereocenters. The number of carbonyl (C=O) groups is 1. The van der Waals surface area contributed by atoms with Crippen LogP contribution in [0.5, 0.6) is 0 Å². The average molecular weight is 328 g/mol. The Kier molecular flexibility index (Phi) is 5.33. The summed E-state index contributed by atoms with van der Waals surface area (Å²) in [5.41, 5.74) is 0.669. The molecular weight excluding hydrogens is 316 g/mol. The molecule has 0 aromatic heterocycles. The Morgan fingerprint density at radius 3 is 2.57 bits per heavy atom. The van der Waals surface area contributed by atoms with E-state index in [9.17, 15) is 20.2 Å². The summed E-state index contributed by atoms with van der Waals surface area (Å²) in [6.45, 7) is 1.97. The quantitative estimate of drug-likeness (QED) is 0.471. The second-order valence-electron chi connectivity index (χ2n) is 4.40. The monoisotopic (exact) mass is 328 g/mol. The summed E-state index contributed by atoms with van der Waals surface area (Å²) in [7, 11) is 0. The van der Waals surface area contributed by atoms with Gasteiger partial charge >= 0.3 is 5.97 Å². The van der Waals surface area contributed by atoms with Gasteiger partial charge in [0.15, 0.2) is 0 Å². The molecule has 116 valence electrons. The van der Waals surface area contributed by atoms with Crippen molar-refractivity contribution in [2.75, 3.05) is 6.61 Å². The van der Waals surface area contributed by atoms with Crippen LogP contribution in [0.2, 0.25) is 0 Å². The van der Waals surface area contributed by atoms with Gasteiger partial charge in [-0.1, -0.05) is 11.8 Å². The SMILES string of the molecule is CCOC(=O)c1ccc(Sc2ccc([N+](=O)[O-])cc2)c(C#N)c1. The number of benzene rings is 2. The highest BCUT2D eigenvalue weighted by atomic mass is 32.2. The lowest BCUT2D eigenvalue weighted by Gasteiger charge is -2.06. The molecule has 2 rings (SSSR count). The number of rotatable bonds is 5. The molecule has 0 bridgehead atoms. The van der Waals surface area contributed by atoms with E-state index in [1.54, 1.807) is 31.2 Å². The Labute approximate surface area is 136 Å². The summed E-state index contributed by atoms with van der Waals surface area (Å²) in [6, 6.07) is 12.8. The maximum Gasteiger partial charge on any atom is 0.338 e. The van der Waals surface area contributed by atoms with Gasteiger partial charge in [0.25, 0.3) is 5.69 Å². The van der Waals surface area contributed by atoms with Crippen LogP contribution < -0.4 is 0 Å². The molecule has 0 saturated carbocycles. The van der Waals surface area contributed by atoms with Gasteiger partial charge in [0.05, 0.1) is 22.7 Å². The van der Waals surface area contributed by atoms with E-state index in [4.69, 9.17) is 4.74 Å². The highest BCUT2D eigenvalue weighted by Crippen LogP contribution is 2.31. The van der Waals surface area contributed by atoms with Crippen LogP contribution in [0.25, 0.3) is 0 Å². The van der Waals surface area contributed by atoms with Crippen molar-refractivity contribution in [3.8, 4) is 6.07 Å². The lowest BCUT2D eigenvalue weighted by molar-refractivity contribution is -0.384. The highest BCUT2D eigenvalue weighted by Gasteiger charge is 2.12. The van der Waals surface area contributed by atoms with Crippen LogP contribution in [0.15, 0.2) is 52.3 Å². The predicted molar refractivity (Wildman–Crippen MR) is 84.3 cm³/mol. The zero-order chi connectivity index (χ0) is 16.8. The smallest absolute Gasteiger partial charge is 0.338 e. The summed E-state index contributed by atoms with van der Waals surface area (Å²) < 4.78 is 4.90. The first kappa shape index (κ1) is 16.5. The number of hydrogen-bond donors (Lipinski definition) is 0. The number of carbonyl (C=O) groups excluding carboxylic acids is 1. The minimum Gasteiger partial charge on any atom is -0.462 e. The number of ether oxygens (including phenoxy) is 1. The number of esters is 1. The summed E-state index contributed by atoms with van der Waals surface area (Å²) in [4.78, 5) is 23.3. The first-order valence-electron chi connectivity index (χ1n) is 6.68. The summed E-state index contributed by atoms with van der Waals surface area (Å²) in [5.74, 6) is -0.476. The third-order valence-electron chi connectivity index (χ3n) is 2.89. The molecule has 0 amide bonds. The zero-order valence-electron chi connectivity index (χ0n) is 12.2. The number of nitrogens with zero attached hydrogens (tertiary/aromatic N) is 2. The Hall–Kier alpha value is -2.85. The normalized spacial score (nSPS) is 9.91. The fourth-order valence-electron chi connectivity index (χ4n) is 1.81. The van der Waals surface area contributed by atoms with Gasteiger partial charge in [-0.25, -0.2) is 4.79 Å². The fourth-order valence-corrected chi connectivity index (χ4v) is 2.69. The number of nitro groups is 1. The average Bonchev–Trinajstić information content (AvgIpc) is 2.56. The van der Waals surface area contributed by atoms with E-state index in [2.05, 4.69) is 0 Å². The van der Waals surface area contributed by atoms with Crippen LogP contribution >= 0.6 is 11.8 Å². The molecule has 0 atom stereocenters. The topological polar surface area (TPSA) is 93.2 Å². The standard InChI is InChI=1S/C16H12N2O4S/c1-2-22-16(19)11-3-8-15(12(9-11)10-17)23-14-6-4-13(5-7-14)18(20)21/h3-9H,2H2,1H3. The predicted octanol–water partition coefficient (Wildman–Crippen LogP) is 3.79. The van der Waals surface area contributed by atoms with Crippen LogP contribution in [0.1, 0.15) is 22.8 Å². The molecule has 6 nitrogen and oxygen atoms in total. The van der Waals surface area contributed by atoms with Gasteiger partial charge in [-0.3, -0.25) is 10.1 Å². The molecule has 2 aromatic carbocycles. The van der Waals surface area contributed by atoms with Crippen LogP contribution in [0.3, 0.4) is 0 Å². The van der Waals surface area contributed by atoms with Crippen molar-refractivity contribution in [1.29, 1.82) is 5.26 Å². The van der Waals surface area contributed by atoms with Gasteiger partial charge in [0.1, 0.15) is 6.07 Å². The van der Waals surface area contributed by atoms with Gasteiger partial charge in [0, 0.05) is 21.9 Å². The molecule has 0 spiro atoms. The maximum atomic E-state index is 11.7. The Morgan fingerprint density at radius 2 is 2.00 bits per heavy atom. The van der Waals surface area contributed by atoms with Crippen molar-refractivity contribution in [3.63, 3.8) is 0 Å². The molecule has 2 aromatic rings. The van der Waals surface area contributed by atoms with E-state index >= 15 is 0 Å². The van der Waals surface area contributed by atoms with E-state index in [1.807, 2.05) is 6.07 Å². The Bertz CT molecular complexity index is 782. The first-order valence-corrected chi connectivity index (χ1v) is 7.50. The Balaban J connectivity index is 2.24. The minimum absolute atomic E-state index is 0.00696. The van der Waals surface area contributed by atoms with E-state index in [-0.39, 0.29) is 12.3 Å². The van der Waals surface area contributed by atoms with E-state index in [0.29, 0.717) is 16.0 Å². The van der Waals surface area contributed by atoms with E-state index in [0.717, 1.165) is 4.90 Å². The second kappa shape index (κ2) is 7.42. The molecule has 0 radical (unpaired) electrons. The molecule has 0 N–H and O–H groups in total. The summed E-state index contributed by atoms with van der Waals surface area (Å²) >= 11 is 1.30. The van der Waals surface area contributed by atoms with E-state index < -0.39 is 10.9 Å². The van der Waals surface area contributed by atoms with Crippen molar-refractivity contribution >= 4 is 23.4 Å². The third kappa shape index (κ3) is 4.08. The van der Waals surface area contributed by atoms with Gasteiger partial charge in [0.2, 0.25) is 0 Å². The lowest BCUT2D eigenvalue weighted by Crippen LogP contribution is -2.04. The first-order chi connectivity index (χ1) is 11.0. The van der Waals surface area contributed by atoms with Gasteiger partial charge in [-0.2, -0.15) is 5.26 Å². The third-order valence-corrected chi connectivity index (χ3v) is 3.97. The molecule has 0 heterocycles. The van der Waals surface area contributed by atoms with E-state index in [1.165, 1.54) is 30.0 Å². The van der Waals surface area contributed by atoms with Crippen molar-refractivity contribution in [1.82, 2.24) is 0 Å². The number of nitriles is 1. The molecular formula is C16H12N2O4S. The number of nitro benzene ring substituents is 1. The van der Waals surface area contributed by atoms with Crippen molar-refractivity contribution < 1.29 is 14.5 Å². The van der Waals surface area contributed by atoms with Crippen LogP contribution in [0, 0.1) is 21.4 Å². The number of hydrogen-bond acceptors (Lipinski definition) is 6. The fraction of sp³-hybridized carbons (Fsp3) is 0.125. The second-order valence-corrected chi connectivity index (χ2v) is 5.51. The Morgan fingerprint density at radius 1 is 1.30 bits per heavy atom. The van der Waals surface area contributed by atoms with Crippen molar-refractivity contribution in [2.45, 2.75) is 16.7 Å². The summed E-state index contributed by atoms with van der Waals surface area (Å²) in [6.07, 6.45) is 0. The molecule has 0 fully saturated rings. The zero-order valence-corrected chi connectivity index (χ0v) is 13.0. The maximum absolute atomic E-state index is 11.7. The highest BCUT2D eigenvalue weighted by molar-refractivity contribution is 7.99. The van der Waals surface area contributed by atoms with Gasteiger partial charge in [-0.15, -0.1) is 0 Å². The summed E-state index contributed by atoms with van der Waals surface area (Å²) in [5, 5.41) is 19.9. The lowest BCUT2D eigenvalue weighted by atomic mass is 10.1.